The largest absolute Gasteiger partial charge is 0.527 e. The van der Waals surface area contributed by atoms with Gasteiger partial charge in [0.25, 0.3) is 0 Å². The summed E-state index contributed by atoms with van der Waals surface area (Å²) in [6, 6.07) is 0. The van der Waals surface area contributed by atoms with Crippen LogP contribution in [0.25, 0.3) is 0 Å². The van der Waals surface area contributed by atoms with Crippen molar-refractivity contribution in [2.45, 2.75) is 0 Å². The number of phosphoric acid groups is 1. The highest BCUT2D eigenvalue weighted by Crippen LogP contribution is 2.43. The lowest BCUT2D eigenvalue weighted by atomic mass is 10.7. The van der Waals surface area contributed by atoms with Gasteiger partial charge in [-0.3, -0.25) is 9.42 Å². The third-order valence-electron chi connectivity index (χ3n) is 0.813. The topological polar surface area (TPSA) is 65.0 Å². The Labute approximate surface area is 76.5 Å². The van der Waals surface area contributed by atoms with Crippen molar-refractivity contribution in [3.8, 4) is 0 Å². The summed E-state index contributed by atoms with van der Waals surface area (Å²) in [6.45, 7) is 6.29. The molecule has 74 valence electrons. The molecule has 0 amide bonds. The van der Waals surface area contributed by atoms with Gasteiger partial charge in [-0.2, -0.15) is 0 Å². The normalized spacial score (nSPS) is 14.8. The first-order valence-corrected chi connectivity index (χ1v) is 4.80. The molecular weight excluding hydrogens is 195 g/mol. The molecule has 0 aliphatic heterocycles. The highest BCUT2D eigenvalue weighted by molar-refractivity contribution is 7.47. The lowest BCUT2D eigenvalue weighted by Gasteiger charge is -2.07. The molecule has 0 radical (unpaired) electrons. The molecule has 0 fully saturated rings. The average Bonchev–Trinajstić information content (AvgIpc) is 2.04. The molecule has 13 heavy (non-hydrogen) atoms. The van der Waals surface area contributed by atoms with Gasteiger partial charge in [-0.15, -0.1) is 0 Å². The molecule has 6 heteroatoms. The van der Waals surface area contributed by atoms with Crippen LogP contribution >= 0.6 is 7.82 Å². The van der Waals surface area contributed by atoms with Gasteiger partial charge in [-0.25, -0.2) is 4.57 Å². The first-order chi connectivity index (χ1) is 6.12. The van der Waals surface area contributed by atoms with Crippen molar-refractivity contribution in [3.63, 3.8) is 0 Å². The van der Waals surface area contributed by atoms with E-state index in [4.69, 9.17) is 4.89 Å². The zero-order chi connectivity index (χ0) is 10.2. The third kappa shape index (κ3) is 7.33. The minimum Gasteiger partial charge on any atom is -0.474 e. The quantitative estimate of drug-likeness (QED) is 0.509. The van der Waals surface area contributed by atoms with E-state index in [0.29, 0.717) is 0 Å². The predicted molar refractivity (Wildman–Crippen MR) is 47.5 cm³/mol. The van der Waals surface area contributed by atoms with Crippen LogP contribution in [0, 0.1) is 0 Å². The molecule has 0 aliphatic carbocycles. The average molecular weight is 206 g/mol. The summed E-state index contributed by atoms with van der Waals surface area (Å²) in [5.41, 5.74) is 0. The maximum Gasteiger partial charge on any atom is 0.527 e. The maximum absolute atomic E-state index is 10.8. The van der Waals surface area contributed by atoms with Gasteiger partial charge in [-0.1, -0.05) is 13.2 Å². The second-order valence-corrected chi connectivity index (χ2v) is 3.12. The second-order valence-electron chi connectivity index (χ2n) is 1.71. The summed E-state index contributed by atoms with van der Waals surface area (Å²) in [5, 5.41) is 0. The smallest absolute Gasteiger partial charge is 0.474 e. The van der Waals surface area contributed by atoms with Crippen molar-refractivity contribution in [3.05, 3.63) is 38.0 Å². The number of phosphoric ester groups is 1. The molecule has 1 atom stereocenters. The van der Waals surface area contributed by atoms with E-state index in [0.717, 1.165) is 6.26 Å². The van der Waals surface area contributed by atoms with Crippen molar-refractivity contribution in [2.75, 3.05) is 6.61 Å². The van der Waals surface area contributed by atoms with Crippen molar-refractivity contribution in [1.82, 2.24) is 0 Å². The van der Waals surface area contributed by atoms with Gasteiger partial charge in [0.05, 0.1) is 25.4 Å². The Hall–Kier alpha value is -1.03. The molecule has 0 heterocycles. The SMILES string of the molecule is C=CO/C=C/COP(=O)(O)OC=C. The molecule has 0 aromatic rings. The van der Waals surface area contributed by atoms with E-state index in [1.807, 2.05) is 0 Å². The Bertz CT molecular complexity index is 235. The van der Waals surface area contributed by atoms with Crippen LogP contribution in [0.15, 0.2) is 38.0 Å². The molecule has 1 N–H and O–H groups in total. The Morgan fingerprint density at radius 3 is 2.62 bits per heavy atom. The van der Waals surface area contributed by atoms with Gasteiger partial charge in [0.15, 0.2) is 0 Å². The minimum absolute atomic E-state index is 0.102. The summed E-state index contributed by atoms with van der Waals surface area (Å²) in [7, 11) is -3.99. The lowest BCUT2D eigenvalue weighted by molar-refractivity contribution is 0.204. The van der Waals surface area contributed by atoms with E-state index in [9.17, 15) is 4.57 Å². The summed E-state index contributed by atoms with van der Waals surface area (Å²) < 4.78 is 24.0. The van der Waals surface area contributed by atoms with Crippen molar-refractivity contribution < 1.29 is 23.2 Å². The van der Waals surface area contributed by atoms with Crippen LogP contribution in [0.5, 0.6) is 0 Å². The first kappa shape index (κ1) is 12.0. The van der Waals surface area contributed by atoms with E-state index in [2.05, 4.69) is 26.9 Å². The molecule has 0 aromatic heterocycles. The van der Waals surface area contributed by atoms with E-state index in [1.54, 1.807) is 0 Å². The van der Waals surface area contributed by atoms with Gasteiger partial charge in [0.1, 0.15) is 0 Å². The van der Waals surface area contributed by atoms with Crippen molar-refractivity contribution in [1.29, 1.82) is 0 Å². The fourth-order valence-electron chi connectivity index (χ4n) is 0.412. The molecule has 0 bridgehead atoms. The highest BCUT2D eigenvalue weighted by atomic mass is 31.2. The first-order valence-electron chi connectivity index (χ1n) is 3.30. The van der Waals surface area contributed by atoms with Crippen LogP contribution in [0.4, 0.5) is 0 Å². The van der Waals surface area contributed by atoms with E-state index >= 15 is 0 Å². The summed E-state index contributed by atoms with van der Waals surface area (Å²) in [6.07, 6.45) is 4.69. The van der Waals surface area contributed by atoms with Gasteiger partial charge >= 0.3 is 7.82 Å². The van der Waals surface area contributed by atoms with Gasteiger partial charge in [-0.05, 0) is 6.08 Å². The molecule has 0 rings (SSSR count). The number of ether oxygens (including phenoxy) is 1. The molecule has 0 saturated carbocycles. The Balaban J connectivity index is 3.68. The van der Waals surface area contributed by atoms with Crippen molar-refractivity contribution >= 4 is 7.82 Å². The number of hydrogen-bond donors (Lipinski definition) is 1. The molecule has 0 spiro atoms. The van der Waals surface area contributed by atoms with Gasteiger partial charge in [0, 0.05) is 0 Å². The second kappa shape index (κ2) is 6.48. The molecule has 5 nitrogen and oxygen atoms in total. The lowest BCUT2D eigenvalue weighted by Crippen LogP contribution is -1.90. The zero-order valence-corrected chi connectivity index (χ0v) is 7.85. The summed E-state index contributed by atoms with van der Waals surface area (Å²) in [4.78, 5) is 8.82. The van der Waals surface area contributed by atoms with Gasteiger partial charge < -0.3 is 9.26 Å². The van der Waals surface area contributed by atoms with Crippen LogP contribution in [0.3, 0.4) is 0 Å². The molecule has 0 saturated heterocycles. The van der Waals surface area contributed by atoms with E-state index in [1.165, 1.54) is 18.6 Å². The van der Waals surface area contributed by atoms with Gasteiger partial charge in [0.2, 0.25) is 0 Å². The predicted octanol–water partition coefficient (Wildman–Crippen LogP) is 1.94. The van der Waals surface area contributed by atoms with Crippen LogP contribution < -0.4 is 0 Å². The number of hydrogen-bond acceptors (Lipinski definition) is 4. The molecule has 1 unspecified atom stereocenters. The summed E-state index contributed by atoms with van der Waals surface area (Å²) in [5.74, 6) is 0. The van der Waals surface area contributed by atoms with Crippen LogP contribution in [-0.4, -0.2) is 11.5 Å². The summed E-state index contributed by atoms with van der Waals surface area (Å²) >= 11 is 0. The minimum atomic E-state index is -3.99. The third-order valence-corrected chi connectivity index (χ3v) is 1.70. The number of rotatable bonds is 7. The highest BCUT2D eigenvalue weighted by Gasteiger charge is 2.18. The molecular formula is C7H11O5P. The maximum atomic E-state index is 10.8. The van der Waals surface area contributed by atoms with E-state index < -0.39 is 7.82 Å². The van der Waals surface area contributed by atoms with Crippen LogP contribution in [-0.2, 0) is 18.3 Å². The van der Waals surface area contributed by atoms with Crippen LogP contribution in [0.2, 0.25) is 0 Å². The Morgan fingerprint density at radius 2 is 2.08 bits per heavy atom. The fourth-order valence-corrected chi connectivity index (χ4v) is 0.936. The Morgan fingerprint density at radius 1 is 1.38 bits per heavy atom. The zero-order valence-electron chi connectivity index (χ0n) is 6.96. The Kier molecular flexibility index (Phi) is 5.97. The molecule has 0 aliphatic rings. The van der Waals surface area contributed by atoms with Crippen LogP contribution in [0.1, 0.15) is 0 Å². The van der Waals surface area contributed by atoms with E-state index in [-0.39, 0.29) is 6.61 Å². The fraction of sp³-hybridized carbons (Fsp3) is 0.143. The monoisotopic (exact) mass is 206 g/mol. The standard InChI is InChI=1S/C7H11O5P/c1-3-10-6-5-7-12-13(8,9)11-4-2/h3-6H,1-2,7H2,(H,8,9)/b6-5+. The van der Waals surface area contributed by atoms with Crippen molar-refractivity contribution in [2.24, 2.45) is 0 Å². The molecule has 0 aromatic carbocycles.